The van der Waals surface area contributed by atoms with E-state index in [1.807, 2.05) is 48.6 Å². The first kappa shape index (κ1) is 20.9. The van der Waals surface area contributed by atoms with Crippen LogP contribution in [0.1, 0.15) is 22.3 Å². The number of nitro groups is 1. The Morgan fingerprint density at radius 3 is 2.07 bits per heavy atom. The van der Waals surface area contributed by atoms with Gasteiger partial charge in [0.2, 0.25) is 0 Å². The lowest BCUT2D eigenvalue weighted by Crippen LogP contribution is -1.99. The maximum atomic E-state index is 10.8. The molecule has 0 saturated carbocycles. The fourth-order valence-corrected chi connectivity index (χ4v) is 3.12. The van der Waals surface area contributed by atoms with E-state index in [-0.39, 0.29) is 5.69 Å². The first-order valence-corrected chi connectivity index (χ1v) is 9.34. The van der Waals surface area contributed by atoms with E-state index < -0.39 is 4.92 Å². The number of non-ortho nitro benzene ring substituents is 1. The van der Waals surface area contributed by atoms with Crippen molar-refractivity contribution in [2.45, 2.75) is 6.42 Å². The molecule has 0 aliphatic carbocycles. The van der Waals surface area contributed by atoms with Gasteiger partial charge in [0.25, 0.3) is 5.69 Å². The molecule has 0 spiro atoms. The Bertz CT molecular complexity index is 1040. The lowest BCUT2D eigenvalue weighted by molar-refractivity contribution is -0.384. The van der Waals surface area contributed by atoms with E-state index in [9.17, 15) is 10.1 Å². The van der Waals surface area contributed by atoms with E-state index in [0.717, 1.165) is 33.8 Å². The molecule has 0 unspecified atom stereocenters. The number of benzene rings is 3. The summed E-state index contributed by atoms with van der Waals surface area (Å²) >= 11 is 0. The van der Waals surface area contributed by atoms with Crippen LogP contribution < -0.4 is 14.2 Å². The molecule has 0 atom stereocenters. The van der Waals surface area contributed by atoms with Gasteiger partial charge in [0.05, 0.1) is 26.3 Å². The topological polar surface area (TPSA) is 70.8 Å². The van der Waals surface area contributed by atoms with Gasteiger partial charge in [0.15, 0.2) is 0 Å². The molecule has 6 heteroatoms. The summed E-state index contributed by atoms with van der Waals surface area (Å²) in [6, 6.07) is 18.1. The first-order chi connectivity index (χ1) is 14.5. The van der Waals surface area contributed by atoms with Gasteiger partial charge in [-0.15, -0.1) is 0 Å². The number of nitrogens with zero attached hydrogens (tertiary/aromatic N) is 1. The zero-order valence-electron chi connectivity index (χ0n) is 17.1. The quantitative estimate of drug-likeness (QED) is 0.286. The number of hydrogen-bond acceptors (Lipinski definition) is 5. The van der Waals surface area contributed by atoms with Crippen LogP contribution in [0.15, 0.2) is 60.7 Å². The van der Waals surface area contributed by atoms with Crippen LogP contribution in [0.2, 0.25) is 0 Å². The van der Waals surface area contributed by atoms with Crippen molar-refractivity contribution in [3.05, 3.63) is 93.0 Å². The molecule has 0 amide bonds. The number of rotatable bonds is 8. The number of methoxy groups -OCH3 is 3. The molecule has 30 heavy (non-hydrogen) atoms. The van der Waals surface area contributed by atoms with Gasteiger partial charge in [0, 0.05) is 30.2 Å². The summed E-state index contributed by atoms with van der Waals surface area (Å²) in [7, 11) is 4.89. The van der Waals surface area contributed by atoms with E-state index in [1.54, 1.807) is 33.5 Å². The normalized spacial score (nSPS) is 10.8. The van der Waals surface area contributed by atoms with E-state index in [4.69, 9.17) is 14.2 Å². The third-order valence-electron chi connectivity index (χ3n) is 4.77. The van der Waals surface area contributed by atoms with Crippen LogP contribution in [0, 0.1) is 10.1 Å². The summed E-state index contributed by atoms with van der Waals surface area (Å²) < 4.78 is 16.3. The number of hydrogen-bond donors (Lipinski definition) is 0. The summed E-state index contributed by atoms with van der Waals surface area (Å²) in [6.45, 7) is 0. The first-order valence-electron chi connectivity index (χ1n) is 9.34. The molecule has 0 radical (unpaired) electrons. The highest BCUT2D eigenvalue weighted by molar-refractivity contribution is 5.74. The lowest BCUT2D eigenvalue weighted by Gasteiger charge is -2.15. The molecule has 0 bridgehead atoms. The van der Waals surface area contributed by atoms with Gasteiger partial charge >= 0.3 is 0 Å². The Hall–Kier alpha value is -3.80. The Labute approximate surface area is 175 Å². The van der Waals surface area contributed by atoms with Crippen LogP contribution in [-0.4, -0.2) is 26.3 Å². The second kappa shape index (κ2) is 9.60. The van der Waals surface area contributed by atoms with Crippen LogP contribution in [0.5, 0.6) is 17.2 Å². The van der Waals surface area contributed by atoms with E-state index in [2.05, 4.69) is 0 Å². The average molecular weight is 405 g/mol. The minimum absolute atomic E-state index is 0.0652. The molecule has 154 valence electrons. The van der Waals surface area contributed by atoms with Gasteiger partial charge in [0.1, 0.15) is 17.2 Å². The zero-order valence-corrected chi connectivity index (χ0v) is 17.1. The lowest BCUT2D eigenvalue weighted by atomic mass is 9.97. The van der Waals surface area contributed by atoms with E-state index in [1.165, 1.54) is 12.1 Å². The molecular formula is C24H23NO5. The minimum Gasteiger partial charge on any atom is -0.497 e. The van der Waals surface area contributed by atoms with Crippen LogP contribution >= 0.6 is 0 Å². The molecule has 0 N–H and O–H groups in total. The average Bonchev–Trinajstić information content (AvgIpc) is 2.78. The van der Waals surface area contributed by atoms with Crippen LogP contribution in [0.25, 0.3) is 12.2 Å². The standard InChI is InChI=1S/C24H23NO5/c1-28-21-12-7-18(8-13-21)14-23-19(15-22(29-2)16-24(23)30-3)9-4-17-5-10-20(11-6-17)25(26)27/h4-13,15-16H,14H2,1-3H3/b9-4+. The zero-order chi connectivity index (χ0) is 21.5. The van der Waals surface area contributed by atoms with Gasteiger partial charge in [-0.2, -0.15) is 0 Å². The maximum Gasteiger partial charge on any atom is 0.269 e. The van der Waals surface area contributed by atoms with Crippen LogP contribution in [-0.2, 0) is 6.42 Å². The van der Waals surface area contributed by atoms with Crippen molar-refractivity contribution in [3.8, 4) is 17.2 Å². The summed E-state index contributed by atoms with van der Waals surface area (Å²) in [6.07, 6.45) is 4.54. The van der Waals surface area contributed by atoms with Crippen molar-refractivity contribution in [2.75, 3.05) is 21.3 Å². The highest BCUT2D eigenvalue weighted by Crippen LogP contribution is 2.32. The monoisotopic (exact) mass is 405 g/mol. The van der Waals surface area contributed by atoms with Gasteiger partial charge in [-0.25, -0.2) is 0 Å². The Morgan fingerprint density at radius 2 is 1.50 bits per heavy atom. The van der Waals surface area contributed by atoms with Crippen LogP contribution in [0.4, 0.5) is 5.69 Å². The fourth-order valence-electron chi connectivity index (χ4n) is 3.12. The third-order valence-corrected chi connectivity index (χ3v) is 4.77. The van der Waals surface area contributed by atoms with E-state index in [0.29, 0.717) is 12.2 Å². The molecule has 0 saturated heterocycles. The minimum atomic E-state index is -0.409. The highest BCUT2D eigenvalue weighted by atomic mass is 16.6. The number of nitro benzene ring substituents is 1. The largest absolute Gasteiger partial charge is 0.497 e. The molecule has 0 fully saturated rings. The molecule has 0 aromatic heterocycles. The van der Waals surface area contributed by atoms with Crippen molar-refractivity contribution in [3.63, 3.8) is 0 Å². The second-order valence-corrected chi connectivity index (χ2v) is 6.60. The number of ether oxygens (including phenoxy) is 3. The molecule has 0 aliphatic rings. The molecular weight excluding hydrogens is 382 g/mol. The van der Waals surface area contributed by atoms with Crippen molar-refractivity contribution >= 4 is 17.8 Å². The predicted octanol–water partition coefficient (Wildman–Crippen LogP) is 5.38. The second-order valence-electron chi connectivity index (χ2n) is 6.60. The molecule has 0 heterocycles. The third kappa shape index (κ3) is 4.97. The smallest absolute Gasteiger partial charge is 0.269 e. The maximum absolute atomic E-state index is 10.8. The Kier molecular flexibility index (Phi) is 6.70. The summed E-state index contributed by atoms with van der Waals surface area (Å²) in [4.78, 5) is 10.4. The fraction of sp³-hybridized carbons (Fsp3) is 0.167. The van der Waals surface area contributed by atoms with Crippen molar-refractivity contribution in [1.82, 2.24) is 0 Å². The van der Waals surface area contributed by atoms with Gasteiger partial charge in [-0.05, 0) is 47.0 Å². The van der Waals surface area contributed by atoms with Crippen molar-refractivity contribution in [2.24, 2.45) is 0 Å². The van der Waals surface area contributed by atoms with E-state index >= 15 is 0 Å². The van der Waals surface area contributed by atoms with Crippen molar-refractivity contribution < 1.29 is 19.1 Å². The molecule has 3 aromatic carbocycles. The van der Waals surface area contributed by atoms with Gasteiger partial charge in [-0.3, -0.25) is 10.1 Å². The predicted molar refractivity (Wildman–Crippen MR) is 117 cm³/mol. The Morgan fingerprint density at radius 1 is 0.833 bits per heavy atom. The van der Waals surface area contributed by atoms with Crippen molar-refractivity contribution in [1.29, 1.82) is 0 Å². The van der Waals surface area contributed by atoms with Gasteiger partial charge < -0.3 is 14.2 Å². The highest BCUT2D eigenvalue weighted by Gasteiger charge is 2.12. The molecule has 3 rings (SSSR count). The molecule has 0 aliphatic heterocycles. The molecule has 3 aromatic rings. The Balaban J connectivity index is 1.97. The van der Waals surface area contributed by atoms with Gasteiger partial charge in [-0.1, -0.05) is 24.3 Å². The summed E-state index contributed by atoms with van der Waals surface area (Å²) in [5, 5.41) is 10.8. The molecule has 6 nitrogen and oxygen atoms in total. The van der Waals surface area contributed by atoms with Crippen LogP contribution in [0.3, 0.4) is 0 Å². The SMILES string of the molecule is COc1ccc(Cc2c(/C=C/c3ccc([N+](=O)[O-])cc3)cc(OC)cc2OC)cc1. The summed E-state index contributed by atoms with van der Waals surface area (Å²) in [5.41, 5.74) is 4.00. The summed E-state index contributed by atoms with van der Waals surface area (Å²) in [5.74, 6) is 2.22.